The van der Waals surface area contributed by atoms with Crippen LogP contribution in [0.2, 0.25) is 0 Å². The normalized spacial score (nSPS) is 15.6. The van der Waals surface area contributed by atoms with Crippen molar-refractivity contribution in [2.75, 3.05) is 37.8 Å². The lowest BCUT2D eigenvalue weighted by atomic mass is 10.2. The van der Waals surface area contributed by atoms with Crippen molar-refractivity contribution in [1.29, 1.82) is 0 Å². The summed E-state index contributed by atoms with van der Waals surface area (Å²) < 4.78 is 10.6. The van der Waals surface area contributed by atoms with E-state index in [1.54, 1.807) is 6.20 Å². The van der Waals surface area contributed by atoms with Crippen LogP contribution >= 0.6 is 11.3 Å². The number of anilines is 1. The molecule has 1 fully saturated rings. The number of esters is 1. The number of hydrogen-bond acceptors (Lipinski definition) is 6. The third-order valence-corrected chi connectivity index (χ3v) is 4.31. The Morgan fingerprint density at radius 3 is 3.05 bits per heavy atom. The minimum absolute atomic E-state index is 0.267. The Morgan fingerprint density at radius 2 is 2.30 bits per heavy atom. The van der Waals surface area contributed by atoms with Crippen molar-refractivity contribution >= 4 is 33.2 Å². The van der Waals surface area contributed by atoms with Gasteiger partial charge < -0.3 is 14.4 Å². The van der Waals surface area contributed by atoms with Gasteiger partial charge in [-0.2, -0.15) is 0 Å². The van der Waals surface area contributed by atoms with Gasteiger partial charge >= 0.3 is 5.97 Å². The number of ether oxygens (including phenoxy) is 2. The van der Waals surface area contributed by atoms with Crippen molar-refractivity contribution in [3.63, 3.8) is 0 Å². The highest BCUT2D eigenvalue weighted by Gasteiger charge is 2.25. The van der Waals surface area contributed by atoms with Gasteiger partial charge in [0.25, 0.3) is 0 Å². The van der Waals surface area contributed by atoms with Gasteiger partial charge in [-0.15, -0.1) is 11.3 Å². The molecule has 0 unspecified atom stereocenters. The predicted molar refractivity (Wildman–Crippen MR) is 78.6 cm³/mol. The second-order valence-corrected chi connectivity index (χ2v) is 5.45. The van der Waals surface area contributed by atoms with Gasteiger partial charge in [-0.1, -0.05) is 0 Å². The highest BCUT2D eigenvalue weighted by Crippen LogP contribution is 2.38. The maximum absolute atomic E-state index is 12.2. The zero-order chi connectivity index (χ0) is 13.9. The second kappa shape index (κ2) is 5.76. The molecule has 3 rings (SSSR count). The first-order valence-corrected chi connectivity index (χ1v) is 7.50. The smallest absolute Gasteiger partial charge is 0.350 e. The van der Waals surface area contributed by atoms with Gasteiger partial charge in [0.2, 0.25) is 0 Å². The van der Waals surface area contributed by atoms with Crippen LogP contribution in [0.5, 0.6) is 0 Å². The van der Waals surface area contributed by atoms with E-state index in [-0.39, 0.29) is 5.97 Å². The molecule has 0 N–H and O–H groups in total. The number of rotatable bonds is 3. The van der Waals surface area contributed by atoms with Crippen LogP contribution in [0.25, 0.3) is 10.2 Å². The third kappa shape index (κ3) is 2.36. The van der Waals surface area contributed by atoms with E-state index in [2.05, 4.69) is 9.88 Å². The van der Waals surface area contributed by atoms with Gasteiger partial charge in [0.05, 0.1) is 25.5 Å². The number of aromatic nitrogens is 1. The maximum atomic E-state index is 12.2. The molecule has 0 saturated carbocycles. The van der Waals surface area contributed by atoms with Crippen molar-refractivity contribution in [2.45, 2.75) is 6.92 Å². The van der Waals surface area contributed by atoms with Gasteiger partial charge in [-0.25, -0.2) is 9.78 Å². The number of pyridine rings is 1. The molecule has 6 heteroatoms. The Balaban J connectivity index is 2.09. The number of morpholine rings is 1. The van der Waals surface area contributed by atoms with Crippen LogP contribution in [-0.4, -0.2) is 43.9 Å². The van der Waals surface area contributed by atoms with Gasteiger partial charge in [0.15, 0.2) is 0 Å². The molecule has 1 aliphatic heterocycles. The van der Waals surface area contributed by atoms with Gasteiger partial charge in [-0.05, 0) is 19.1 Å². The SMILES string of the molecule is CCOC(=O)c1sc2ncccc2c1N1CCOCC1. The van der Waals surface area contributed by atoms with E-state index in [0.29, 0.717) is 24.7 Å². The Hall–Kier alpha value is -1.66. The summed E-state index contributed by atoms with van der Waals surface area (Å²) in [6.07, 6.45) is 1.75. The summed E-state index contributed by atoms with van der Waals surface area (Å²) >= 11 is 1.40. The largest absolute Gasteiger partial charge is 0.462 e. The average molecular weight is 292 g/mol. The van der Waals surface area contributed by atoms with E-state index in [4.69, 9.17) is 9.47 Å². The van der Waals surface area contributed by atoms with Crippen LogP contribution in [0.4, 0.5) is 5.69 Å². The van der Waals surface area contributed by atoms with Crippen LogP contribution in [0, 0.1) is 0 Å². The molecule has 1 aliphatic rings. The van der Waals surface area contributed by atoms with Gasteiger partial charge in [0, 0.05) is 24.7 Å². The summed E-state index contributed by atoms with van der Waals surface area (Å²) in [5.74, 6) is -0.267. The standard InChI is InChI=1S/C14H16N2O3S/c1-2-19-14(17)12-11(16-6-8-18-9-7-16)10-4-3-5-15-13(10)20-12/h3-5H,2,6-9H2,1H3. The molecule has 0 aromatic carbocycles. The summed E-state index contributed by atoms with van der Waals surface area (Å²) in [7, 11) is 0. The lowest BCUT2D eigenvalue weighted by molar-refractivity contribution is 0.0532. The Bertz CT molecular complexity index is 620. The number of thiophene rings is 1. The monoisotopic (exact) mass is 292 g/mol. The molecule has 0 radical (unpaired) electrons. The van der Waals surface area contributed by atoms with Crippen molar-refractivity contribution in [2.24, 2.45) is 0 Å². The predicted octanol–water partition coefficient (Wildman–Crippen LogP) is 2.31. The zero-order valence-electron chi connectivity index (χ0n) is 11.3. The molecule has 1 saturated heterocycles. The quantitative estimate of drug-likeness (QED) is 0.813. The molecule has 0 aliphatic carbocycles. The molecule has 106 valence electrons. The van der Waals surface area contributed by atoms with Gasteiger partial charge in [-0.3, -0.25) is 0 Å². The topological polar surface area (TPSA) is 51.7 Å². The van der Waals surface area contributed by atoms with E-state index in [1.165, 1.54) is 11.3 Å². The summed E-state index contributed by atoms with van der Waals surface area (Å²) in [6, 6.07) is 3.90. The zero-order valence-corrected chi connectivity index (χ0v) is 12.1. The molecule has 3 heterocycles. The lowest BCUT2D eigenvalue weighted by Crippen LogP contribution is -2.36. The van der Waals surface area contributed by atoms with Crippen molar-refractivity contribution in [3.8, 4) is 0 Å². The third-order valence-electron chi connectivity index (χ3n) is 3.23. The molecule has 5 nitrogen and oxygen atoms in total. The number of hydrogen-bond donors (Lipinski definition) is 0. The molecule has 0 bridgehead atoms. The summed E-state index contributed by atoms with van der Waals surface area (Å²) in [5, 5.41) is 1.02. The first-order valence-electron chi connectivity index (χ1n) is 6.68. The lowest BCUT2D eigenvalue weighted by Gasteiger charge is -2.29. The van der Waals surface area contributed by atoms with Crippen LogP contribution in [0.15, 0.2) is 18.3 Å². The number of nitrogens with zero attached hydrogens (tertiary/aromatic N) is 2. The first-order chi connectivity index (χ1) is 9.81. The Labute approximate surface area is 121 Å². The summed E-state index contributed by atoms with van der Waals surface area (Å²) in [4.78, 5) is 20.2. The molecule has 2 aromatic rings. The highest BCUT2D eigenvalue weighted by molar-refractivity contribution is 7.21. The van der Waals surface area contributed by atoms with Crippen LogP contribution < -0.4 is 4.90 Å². The van der Waals surface area contributed by atoms with Crippen molar-refractivity contribution in [1.82, 2.24) is 4.98 Å². The fourth-order valence-electron chi connectivity index (χ4n) is 2.36. The maximum Gasteiger partial charge on any atom is 0.350 e. The minimum Gasteiger partial charge on any atom is -0.462 e. The van der Waals surface area contributed by atoms with Crippen molar-refractivity contribution < 1.29 is 14.3 Å². The molecule has 0 spiro atoms. The van der Waals surface area contributed by atoms with Crippen molar-refractivity contribution in [3.05, 3.63) is 23.2 Å². The number of carbonyl (C=O) groups is 1. The fourth-order valence-corrected chi connectivity index (χ4v) is 3.42. The molecular formula is C14H16N2O3S. The molecule has 20 heavy (non-hydrogen) atoms. The first kappa shape index (κ1) is 13.3. The summed E-state index contributed by atoms with van der Waals surface area (Å²) in [5.41, 5.74) is 0.944. The molecule has 0 atom stereocenters. The van der Waals surface area contributed by atoms with E-state index >= 15 is 0 Å². The molecule has 0 amide bonds. The minimum atomic E-state index is -0.267. The van der Waals surface area contributed by atoms with E-state index in [9.17, 15) is 4.79 Å². The molecule has 2 aromatic heterocycles. The highest BCUT2D eigenvalue weighted by atomic mass is 32.1. The Morgan fingerprint density at radius 1 is 1.50 bits per heavy atom. The summed E-state index contributed by atoms with van der Waals surface area (Å²) in [6.45, 7) is 5.13. The van der Waals surface area contributed by atoms with Crippen LogP contribution in [-0.2, 0) is 9.47 Å². The van der Waals surface area contributed by atoms with E-state index < -0.39 is 0 Å². The fraction of sp³-hybridized carbons (Fsp3) is 0.429. The Kier molecular flexibility index (Phi) is 3.84. The average Bonchev–Trinajstić information content (AvgIpc) is 2.88. The number of carbonyl (C=O) groups excluding carboxylic acids is 1. The second-order valence-electron chi connectivity index (χ2n) is 4.46. The van der Waals surface area contributed by atoms with Gasteiger partial charge in [0.1, 0.15) is 9.71 Å². The van der Waals surface area contributed by atoms with Crippen LogP contribution in [0.3, 0.4) is 0 Å². The number of fused-ring (bicyclic) bond motifs is 1. The van der Waals surface area contributed by atoms with E-state index in [0.717, 1.165) is 29.0 Å². The van der Waals surface area contributed by atoms with Crippen LogP contribution in [0.1, 0.15) is 16.6 Å². The van der Waals surface area contributed by atoms with E-state index in [1.807, 2.05) is 19.1 Å². The molecular weight excluding hydrogens is 276 g/mol.